The lowest BCUT2D eigenvalue weighted by molar-refractivity contribution is -0.129. The second-order valence-electron chi connectivity index (χ2n) is 8.57. The largest absolute Gasteiger partial charge is 0.335 e. The zero-order chi connectivity index (χ0) is 26.6. The van der Waals surface area contributed by atoms with E-state index in [4.69, 9.17) is 16.8 Å². The highest BCUT2D eigenvalue weighted by molar-refractivity contribution is 8.04. The number of amides is 2. The summed E-state index contributed by atoms with van der Waals surface area (Å²) < 4.78 is 31.7. The summed E-state index contributed by atoms with van der Waals surface area (Å²) in [5.41, 5.74) is 0.969. The van der Waals surface area contributed by atoms with Crippen molar-refractivity contribution in [1.82, 2.24) is 10.2 Å². The van der Waals surface area contributed by atoms with Gasteiger partial charge in [-0.1, -0.05) is 67.6 Å². The Labute approximate surface area is 225 Å². The molecule has 1 fully saturated rings. The monoisotopic (exact) mass is 557 g/mol. The average Bonchev–Trinajstić information content (AvgIpc) is 3.20. The number of hydrogen-bond donors (Lipinski definition) is 2. The van der Waals surface area contributed by atoms with Crippen LogP contribution in [-0.4, -0.2) is 53.6 Å². The molecule has 1 saturated heterocycles. The highest BCUT2D eigenvalue weighted by Crippen LogP contribution is 2.49. The Hall–Kier alpha value is -2.99. The van der Waals surface area contributed by atoms with E-state index in [0.717, 1.165) is 39.2 Å². The van der Waals surface area contributed by atoms with E-state index in [1.807, 2.05) is 54.3 Å². The van der Waals surface area contributed by atoms with Crippen LogP contribution in [0.1, 0.15) is 26.2 Å². The van der Waals surface area contributed by atoms with E-state index in [1.54, 1.807) is 23.9 Å². The molecule has 0 aliphatic carbocycles. The maximum Gasteiger partial charge on any atom is 0.265 e. The molecule has 8 nitrogen and oxygen atoms in total. The van der Waals surface area contributed by atoms with Gasteiger partial charge in [-0.05, 0) is 54.1 Å². The Morgan fingerprint density at radius 3 is 2.51 bits per heavy atom. The predicted molar refractivity (Wildman–Crippen MR) is 151 cm³/mol. The summed E-state index contributed by atoms with van der Waals surface area (Å²) in [6, 6.07) is 12.1. The minimum atomic E-state index is -4.06. The molecule has 0 aromatic heterocycles. The smallest absolute Gasteiger partial charge is 0.265 e. The molecule has 0 unspecified atom stereocenters. The van der Waals surface area contributed by atoms with E-state index in [9.17, 15) is 18.0 Å². The predicted octanol–water partition coefficient (Wildman–Crippen LogP) is 4.40. The van der Waals surface area contributed by atoms with E-state index in [-0.39, 0.29) is 22.9 Å². The summed E-state index contributed by atoms with van der Waals surface area (Å²) in [7, 11) is -4.06. The van der Waals surface area contributed by atoms with Gasteiger partial charge in [0.05, 0.1) is 16.5 Å². The maximum atomic E-state index is 12.8. The fraction of sp³-hybridized carbons (Fsp3) is 0.269. The van der Waals surface area contributed by atoms with Crippen LogP contribution in [0, 0.1) is 0 Å². The Morgan fingerprint density at radius 2 is 1.76 bits per heavy atom. The molecular weight excluding hydrogens is 531 g/mol. The van der Waals surface area contributed by atoms with Crippen LogP contribution in [0.4, 0.5) is 5.69 Å². The lowest BCUT2D eigenvalue weighted by atomic mass is 10.1. The van der Waals surface area contributed by atoms with Crippen LogP contribution in [0.5, 0.6) is 0 Å². The van der Waals surface area contributed by atoms with Gasteiger partial charge >= 0.3 is 0 Å². The lowest BCUT2D eigenvalue weighted by Gasteiger charge is -2.28. The Kier molecular flexibility index (Phi) is 8.48. The quantitative estimate of drug-likeness (QED) is 0.202. The van der Waals surface area contributed by atoms with Crippen molar-refractivity contribution in [2.45, 2.75) is 31.1 Å². The van der Waals surface area contributed by atoms with E-state index in [2.05, 4.69) is 5.32 Å². The summed E-state index contributed by atoms with van der Waals surface area (Å²) in [5.74, 6) is -1.28. The molecule has 194 valence electrons. The summed E-state index contributed by atoms with van der Waals surface area (Å²) in [6.45, 7) is 2.85. The molecule has 0 spiro atoms. The van der Waals surface area contributed by atoms with E-state index < -0.39 is 21.9 Å². The van der Waals surface area contributed by atoms with Gasteiger partial charge in [-0.25, -0.2) is 0 Å². The number of fused-ring (bicyclic) bond motifs is 3. The molecule has 0 radical (unpaired) electrons. The number of anilines is 1. The summed E-state index contributed by atoms with van der Waals surface area (Å²) in [6.07, 6.45) is 8.61. The molecule has 2 aliphatic rings. The number of nitrogens with zero attached hydrogens (tertiary/aromatic N) is 2. The Balaban J connectivity index is 1.59. The molecule has 11 heteroatoms. The van der Waals surface area contributed by atoms with Crippen LogP contribution in [-0.2, 0) is 19.7 Å². The van der Waals surface area contributed by atoms with Crippen molar-refractivity contribution in [2.24, 2.45) is 0 Å². The first-order chi connectivity index (χ1) is 17.7. The minimum absolute atomic E-state index is 0.0118. The van der Waals surface area contributed by atoms with Crippen LogP contribution in [0.3, 0.4) is 0 Å². The van der Waals surface area contributed by atoms with E-state index in [0.29, 0.717) is 13.1 Å². The second-order valence-corrected chi connectivity index (χ2v) is 11.6. The van der Waals surface area contributed by atoms with Crippen molar-refractivity contribution in [3.05, 3.63) is 71.3 Å². The van der Waals surface area contributed by atoms with Crippen molar-refractivity contribution in [1.29, 1.82) is 0 Å². The topological polar surface area (TPSA) is 107 Å². The fourth-order valence-corrected chi connectivity index (χ4v) is 6.11. The fourth-order valence-electron chi connectivity index (χ4n) is 4.11. The van der Waals surface area contributed by atoms with Crippen LogP contribution in [0.25, 0.3) is 10.8 Å². The van der Waals surface area contributed by atoms with Crippen LogP contribution >= 0.6 is 24.0 Å². The lowest BCUT2D eigenvalue weighted by Crippen LogP contribution is -2.54. The standard InChI is InChI=1S/C26H27N3O5S3/c1-2-3-15-29-25(31)20(24(30)27-26(29)35)11-6-7-12-22-28(16-8-17-37(32,33)34)21-14-13-18-9-4-5-10-19(18)23(21)36-22/h4-7,9-14H,2-3,8,15-17H2,1H3,(H,27,30,35)(H,32,33,34)/b7-6+,20-11-,22-12+. The molecule has 2 amide bonds. The molecule has 2 aromatic carbocycles. The molecule has 4 rings (SSSR count). The van der Waals surface area contributed by atoms with Crippen LogP contribution in [0.15, 0.2) is 76.2 Å². The van der Waals surface area contributed by atoms with E-state index in [1.165, 1.54) is 11.0 Å². The SMILES string of the molecule is CCCCN1C(=O)\C(=C/C=C/C=C2/Sc3c(ccc4ccccc34)N2CCCS(=O)(=O)O)C(=O)NC1=S. The van der Waals surface area contributed by atoms with Crippen LogP contribution in [0.2, 0.25) is 0 Å². The van der Waals surface area contributed by atoms with Crippen molar-refractivity contribution in [2.75, 3.05) is 23.7 Å². The van der Waals surface area contributed by atoms with Gasteiger partial charge < -0.3 is 4.90 Å². The van der Waals surface area contributed by atoms with Crippen molar-refractivity contribution >= 4 is 67.5 Å². The molecule has 0 saturated carbocycles. The number of benzene rings is 2. The van der Waals surface area contributed by atoms with Gasteiger partial charge in [-0.2, -0.15) is 8.42 Å². The Morgan fingerprint density at radius 1 is 1.03 bits per heavy atom. The first-order valence-corrected chi connectivity index (χ1v) is 14.7. The first-order valence-electron chi connectivity index (χ1n) is 11.9. The third-order valence-electron chi connectivity index (χ3n) is 5.94. The number of thioether (sulfide) groups is 1. The molecule has 2 heterocycles. The second kappa shape index (κ2) is 11.6. The molecular formula is C26H27N3O5S3. The Bertz CT molecular complexity index is 1450. The number of hydrogen-bond acceptors (Lipinski definition) is 7. The highest BCUT2D eigenvalue weighted by atomic mass is 32.2. The molecule has 2 aliphatic heterocycles. The molecule has 0 bridgehead atoms. The number of carbonyl (C=O) groups excluding carboxylic acids is 2. The molecule has 37 heavy (non-hydrogen) atoms. The first kappa shape index (κ1) is 27.1. The van der Waals surface area contributed by atoms with Gasteiger partial charge in [0.1, 0.15) is 5.57 Å². The van der Waals surface area contributed by atoms with E-state index >= 15 is 0 Å². The van der Waals surface area contributed by atoms with Gasteiger partial charge in [-0.3, -0.25) is 24.4 Å². The third-order valence-corrected chi connectivity index (χ3v) is 8.27. The van der Waals surface area contributed by atoms with Crippen molar-refractivity contribution in [3.8, 4) is 0 Å². The van der Waals surface area contributed by atoms with Gasteiger partial charge in [0.25, 0.3) is 21.9 Å². The van der Waals surface area contributed by atoms with Gasteiger partial charge in [0.2, 0.25) is 0 Å². The molecule has 2 N–H and O–H groups in total. The van der Waals surface area contributed by atoms with Gasteiger partial charge in [0.15, 0.2) is 5.11 Å². The van der Waals surface area contributed by atoms with Crippen molar-refractivity contribution in [3.63, 3.8) is 0 Å². The average molecular weight is 558 g/mol. The number of thiocarbonyl (C=S) groups is 1. The van der Waals surface area contributed by atoms with Gasteiger partial charge in [-0.15, -0.1) is 0 Å². The third kappa shape index (κ3) is 6.30. The summed E-state index contributed by atoms with van der Waals surface area (Å²) >= 11 is 6.71. The molecule has 2 aromatic rings. The number of unbranched alkanes of at least 4 members (excludes halogenated alkanes) is 1. The normalized spacial score (nSPS) is 18.5. The number of rotatable bonds is 9. The number of nitrogens with one attached hydrogen (secondary N) is 1. The highest BCUT2D eigenvalue weighted by Gasteiger charge is 2.32. The number of allylic oxidation sites excluding steroid dienone is 4. The maximum absolute atomic E-state index is 12.8. The number of carbonyl (C=O) groups is 2. The van der Waals surface area contributed by atoms with Gasteiger partial charge in [0, 0.05) is 18.0 Å². The summed E-state index contributed by atoms with van der Waals surface area (Å²) in [5, 5.41) is 5.74. The zero-order valence-electron chi connectivity index (χ0n) is 20.2. The molecule has 0 atom stereocenters. The zero-order valence-corrected chi connectivity index (χ0v) is 22.7. The van der Waals surface area contributed by atoms with Crippen molar-refractivity contribution < 1.29 is 22.6 Å². The van der Waals surface area contributed by atoms with Crippen LogP contribution < -0.4 is 10.2 Å². The minimum Gasteiger partial charge on any atom is -0.335 e. The summed E-state index contributed by atoms with van der Waals surface area (Å²) in [4.78, 5) is 29.6.